The van der Waals surface area contributed by atoms with Crippen molar-refractivity contribution in [2.45, 2.75) is 18.0 Å². The lowest BCUT2D eigenvalue weighted by molar-refractivity contribution is -0.137. The van der Waals surface area contributed by atoms with Gasteiger partial charge in [0, 0.05) is 27.3 Å². The maximum absolute atomic E-state index is 13.0. The molecule has 0 spiro atoms. The van der Waals surface area contributed by atoms with Crippen LogP contribution in [0.3, 0.4) is 0 Å². The van der Waals surface area contributed by atoms with Crippen LogP contribution in [0.15, 0.2) is 34.4 Å². The molecule has 12 heteroatoms. The van der Waals surface area contributed by atoms with Gasteiger partial charge in [-0.15, -0.1) is 0 Å². The van der Waals surface area contributed by atoms with Crippen LogP contribution in [-0.4, -0.2) is 59.0 Å². The van der Waals surface area contributed by atoms with Gasteiger partial charge in [0.25, 0.3) is 0 Å². The molecule has 3 aromatic heterocycles. The largest absolute Gasteiger partial charge is 0.417 e. The summed E-state index contributed by atoms with van der Waals surface area (Å²) in [6.07, 6.45) is -0.988. The van der Waals surface area contributed by atoms with E-state index in [1.54, 1.807) is 19.0 Å². The van der Waals surface area contributed by atoms with Gasteiger partial charge in [0.1, 0.15) is 11.2 Å². The number of fused-ring (bicyclic) bond motifs is 1. The Balaban J connectivity index is 2.24. The van der Waals surface area contributed by atoms with Crippen molar-refractivity contribution >= 4 is 33.0 Å². The highest BCUT2D eigenvalue weighted by atomic mass is 32.2. The zero-order valence-corrected chi connectivity index (χ0v) is 17.5. The number of aromatic nitrogens is 4. The molecule has 3 heterocycles. The summed E-state index contributed by atoms with van der Waals surface area (Å²) >= 11 is 0. The molecular formula is C18H19F3N6O2S. The molecule has 160 valence electrons. The third kappa shape index (κ3) is 4.13. The van der Waals surface area contributed by atoms with E-state index in [-0.39, 0.29) is 33.3 Å². The summed E-state index contributed by atoms with van der Waals surface area (Å²) in [4.78, 5) is 18.0. The monoisotopic (exact) mass is 440 g/mol. The summed E-state index contributed by atoms with van der Waals surface area (Å²) in [7, 11) is 1.33. The molecule has 0 saturated carbocycles. The first kappa shape index (κ1) is 21.7. The molecule has 0 N–H and O–H groups in total. The number of aliphatic imine (C=N–C) groups is 1. The minimum absolute atomic E-state index is 0.0151. The highest BCUT2D eigenvalue weighted by molar-refractivity contribution is 7.91. The van der Waals surface area contributed by atoms with E-state index < -0.39 is 21.6 Å². The van der Waals surface area contributed by atoms with Crippen LogP contribution < -0.4 is 0 Å². The number of halogens is 3. The third-order valence-corrected chi connectivity index (χ3v) is 5.98. The number of pyridine rings is 2. The summed E-state index contributed by atoms with van der Waals surface area (Å²) in [6.45, 7) is 1.49. The molecule has 0 fully saturated rings. The zero-order chi connectivity index (χ0) is 22.3. The van der Waals surface area contributed by atoms with Crippen molar-refractivity contribution in [1.82, 2.24) is 24.4 Å². The summed E-state index contributed by atoms with van der Waals surface area (Å²) in [5.41, 5.74) is -0.444. The van der Waals surface area contributed by atoms with Crippen LogP contribution in [-0.2, 0) is 23.1 Å². The minimum atomic E-state index is -4.57. The van der Waals surface area contributed by atoms with Gasteiger partial charge in [-0.2, -0.15) is 13.2 Å². The molecule has 0 amide bonds. The van der Waals surface area contributed by atoms with Gasteiger partial charge in [0.05, 0.1) is 34.4 Å². The van der Waals surface area contributed by atoms with E-state index in [4.69, 9.17) is 0 Å². The predicted molar refractivity (Wildman–Crippen MR) is 106 cm³/mol. The first-order valence-corrected chi connectivity index (χ1v) is 10.4. The summed E-state index contributed by atoms with van der Waals surface area (Å²) in [6, 6.07) is 2.24. The first-order chi connectivity index (χ1) is 13.9. The molecular weight excluding hydrogens is 421 g/mol. The molecule has 0 aliphatic rings. The Kier molecular flexibility index (Phi) is 5.54. The van der Waals surface area contributed by atoms with Gasteiger partial charge in [-0.25, -0.2) is 28.4 Å². The van der Waals surface area contributed by atoms with E-state index >= 15 is 0 Å². The van der Waals surface area contributed by atoms with Crippen LogP contribution >= 0.6 is 0 Å². The fourth-order valence-corrected chi connectivity index (χ4v) is 3.74. The van der Waals surface area contributed by atoms with E-state index in [9.17, 15) is 21.6 Å². The van der Waals surface area contributed by atoms with E-state index in [0.717, 1.165) is 6.07 Å². The maximum atomic E-state index is 13.0. The zero-order valence-electron chi connectivity index (χ0n) is 16.6. The van der Waals surface area contributed by atoms with Crippen LogP contribution in [0.5, 0.6) is 0 Å². The Labute approximate surface area is 171 Å². The van der Waals surface area contributed by atoms with Crippen molar-refractivity contribution in [2.75, 3.05) is 19.8 Å². The number of aryl methyl sites for hydroxylation is 1. The molecule has 0 bridgehead atoms. The number of alkyl halides is 3. The average molecular weight is 440 g/mol. The van der Waals surface area contributed by atoms with Crippen LogP contribution in [0.1, 0.15) is 12.5 Å². The number of sulfone groups is 1. The molecule has 0 saturated heterocycles. The van der Waals surface area contributed by atoms with Gasteiger partial charge in [-0.3, -0.25) is 0 Å². The Morgan fingerprint density at radius 2 is 1.90 bits per heavy atom. The molecule has 0 aliphatic heterocycles. The number of imidazole rings is 1. The molecule has 8 nitrogen and oxygen atoms in total. The Hall–Kier alpha value is -3.02. The van der Waals surface area contributed by atoms with E-state index in [1.165, 1.54) is 37.1 Å². The van der Waals surface area contributed by atoms with Gasteiger partial charge < -0.3 is 9.47 Å². The molecule has 3 aromatic rings. The van der Waals surface area contributed by atoms with Gasteiger partial charge in [0.15, 0.2) is 21.3 Å². The van der Waals surface area contributed by atoms with Crippen molar-refractivity contribution in [3.8, 4) is 11.5 Å². The summed E-state index contributed by atoms with van der Waals surface area (Å²) in [5.74, 6) is -0.102. The Morgan fingerprint density at radius 3 is 2.50 bits per heavy atom. The van der Waals surface area contributed by atoms with Crippen LogP contribution in [0.25, 0.3) is 22.7 Å². The van der Waals surface area contributed by atoms with Crippen molar-refractivity contribution in [1.29, 1.82) is 0 Å². The van der Waals surface area contributed by atoms with Gasteiger partial charge in [-0.05, 0) is 12.1 Å². The molecule has 0 unspecified atom stereocenters. The lowest BCUT2D eigenvalue weighted by Crippen LogP contribution is -2.09. The second kappa shape index (κ2) is 7.67. The SMILES string of the molecule is CCS(=O)(=O)c1cc(/N=C\N(C)C)cnc1-c1nc2cc(C(F)(F)F)cnc2n1C. The molecule has 0 aliphatic carbocycles. The predicted octanol–water partition coefficient (Wildman–Crippen LogP) is 3.06. The van der Waals surface area contributed by atoms with Gasteiger partial charge in [0.2, 0.25) is 0 Å². The van der Waals surface area contributed by atoms with Crippen molar-refractivity contribution in [3.05, 3.63) is 30.1 Å². The first-order valence-electron chi connectivity index (χ1n) is 8.77. The van der Waals surface area contributed by atoms with Crippen molar-refractivity contribution < 1.29 is 21.6 Å². The minimum Gasteiger partial charge on any atom is -0.369 e. The third-order valence-electron chi connectivity index (χ3n) is 4.24. The fraction of sp³-hybridized carbons (Fsp3) is 0.333. The summed E-state index contributed by atoms with van der Waals surface area (Å²) in [5, 5.41) is 0. The second-order valence-corrected chi connectivity index (χ2v) is 8.96. The van der Waals surface area contributed by atoms with Crippen molar-refractivity contribution in [3.63, 3.8) is 0 Å². The second-order valence-electron chi connectivity index (χ2n) is 6.71. The Bertz CT molecular complexity index is 1230. The molecule has 3 rings (SSSR count). The molecule has 30 heavy (non-hydrogen) atoms. The Morgan fingerprint density at radius 1 is 1.20 bits per heavy atom. The standard InChI is InChI=1S/C18H19F3N6O2S/c1-5-30(28,29)14-7-12(24-10-26(2)3)9-22-15(14)17-25-13-6-11(18(19,20)21)8-23-16(13)27(17)4/h6-10H,5H2,1-4H3/b24-10-. The fourth-order valence-electron chi connectivity index (χ4n) is 2.69. The lowest BCUT2D eigenvalue weighted by atomic mass is 10.2. The van der Waals surface area contributed by atoms with Gasteiger partial charge in [-0.1, -0.05) is 6.92 Å². The van der Waals surface area contributed by atoms with Crippen molar-refractivity contribution in [2.24, 2.45) is 12.0 Å². The smallest absolute Gasteiger partial charge is 0.369 e. The molecule has 0 aromatic carbocycles. The van der Waals surface area contributed by atoms with Crippen LogP contribution in [0.2, 0.25) is 0 Å². The maximum Gasteiger partial charge on any atom is 0.417 e. The quantitative estimate of drug-likeness (QED) is 0.447. The molecule has 0 atom stereocenters. The number of nitrogens with zero attached hydrogens (tertiary/aromatic N) is 6. The number of hydrogen-bond donors (Lipinski definition) is 0. The topological polar surface area (TPSA) is 93.3 Å². The van der Waals surface area contributed by atoms with E-state index in [1.807, 2.05) is 0 Å². The number of rotatable bonds is 5. The molecule has 0 radical (unpaired) electrons. The van der Waals surface area contributed by atoms with Crippen LogP contribution in [0, 0.1) is 0 Å². The van der Waals surface area contributed by atoms with E-state index in [2.05, 4.69) is 19.9 Å². The van der Waals surface area contributed by atoms with Gasteiger partial charge >= 0.3 is 6.18 Å². The normalized spacial score (nSPS) is 12.8. The van der Waals surface area contributed by atoms with Crippen LogP contribution in [0.4, 0.5) is 18.9 Å². The average Bonchev–Trinajstić information content (AvgIpc) is 3.01. The summed E-state index contributed by atoms with van der Waals surface area (Å²) < 4.78 is 65.8. The lowest BCUT2D eigenvalue weighted by Gasteiger charge is -2.10. The highest BCUT2D eigenvalue weighted by Gasteiger charge is 2.32. The highest BCUT2D eigenvalue weighted by Crippen LogP contribution is 2.33. The number of hydrogen-bond acceptors (Lipinski definition) is 6. The van der Waals surface area contributed by atoms with E-state index in [0.29, 0.717) is 11.9 Å².